The Hall–Kier alpha value is -1.76. The molecule has 6 heteroatoms. The number of rotatable bonds is 6. The first-order valence-corrected chi connectivity index (χ1v) is 8.12. The third kappa shape index (κ3) is 3.96. The van der Waals surface area contributed by atoms with Gasteiger partial charge >= 0.3 is 0 Å². The van der Waals surface area contributed by atoms with Crippen molar-refractivity contribution < 1.29 is 9.15 Å². The van der Waals surface area contributed by atoms with Crippen LogP contribution in [0.25, 0.3) is 11.5 Å². The summed E-state index contributed by atoms with van der Waals surface area (Å²) in [4.78, 5) is 4.82. The van der Waals surface area contributed by atoms with Crippen LogP contribution in [0.3, 0.4) is 0 Å². The molecule has 1 aliphatic heterocycles. The molecular formula is C17H24N4O2. The molecule has 124 valence electrons. The maximum Gasteiger partial charge on any atom is 0.247 e. The lowest BCUT2D eigenvalue weighted by Gasteiger charge is -2.36. The predicted molar refractivity (Wildman–Crippen MR) is 88.0 cm³/mol. The number of benzene rings is 1. The molecule has 1 fully saturated rings. The zero-order valence-electron chi connectivity index (χ0n) is 13.8. The van der Waals surface area contributed by atoms with Crippen molar-refractivity contribution in [3.05, 3.63) is 36.2 Å². The molecule has 1 aliphatic rings. The van der Waals surface area contributed by atoms with Gasteiger partial charge in [0.25, 0.3) is 0 Å². The van der Waals surface area contributed by atoms with E-state index in [0.29, 0.717) is 11.8 Å². The Kier molecular flexibility index (Phi) is 5.38. The Labute approximate surface area is 137 Å². The molecule has 23 heavy (non-hydrogen) atoms. The van der Waals surface area contributed by atoms with Crippen LogP contribution in [0.2, 0.25) is 0 Å². The molecule has 0 N–H and O–H groups in total. The highest BCUT2D eigenvalue weighted by Gasteiger charge is 2.25. The smallest absolute Gasteiger partial charge is 0.247 e. The second-order valence-corrected chi connectivity index (χ2v) is 5.86. The molecule has 2 heterocycles. The Morgan fingerprint density at radius 1 is 1.13 bits per heavy atom. The Morgan fingerprint density at radius 3 is 2.57 bits per heavy atom. The van der Waals surface area contributed by atoms with Gasteiger partial charge in [0.15, 0.2) is 0 Å². The van der Waals surface area contributed by atoms with Gasteiger partial charge in [0, 0.05) is 45.4 Å². The number of nitrogens with zero attached hydrogens (tertiary/aromatic N) is 4. The molecule has 0 radical (unpaired) electrons. The van der Waals surface area contributed by atoms with E-state index in [-0.39, 0.29) is 6.04 Å². The van der Waals surface area contributed by atoms with Gasteiger partial charge in [-0.1, -0.05) is 18.2 Å². The summed E-state index contributed by atoms with van der Waals surface area (Å²) in [7, 11) is 1.75. The van der Waals surface area contributed by atoms with E-state index in [9.17, 15) is 0 Å². The van der Waals surface area contributed by atoms with Crippen molar-refractivity contribution in [1.29, 1.82) is 0 Å². The lowest BCUT2D eigenvalue weighted by molar-refractivity contribution is 0.0717. The van der Waals surface area contributed by atoms with Crippen LogP contribution in [-0.2, 0) is 4.74 Å². The monoisotopic (exact) mass is 316 g/mol. The van der Waals surface area contributed by atoms with Crippen molar-refractivity contribution in [3.8, 4) is 11.5 Å². The Bertz CT molecular complexity index is 594. The number of ether oxygens (including phenoxy) is 1. The number of aromatic nitrogens is 2. The number of hydrogen-bond acceptors (Lipinski definition) is 6. The van der Waals surface area contributed by atoms with Crippen LogP contribution in [0.5, 0.6) is 0 Å². The molecule has 1 aromatic heterocycles. The molecule has 0 aliphatic carbocycles. The highest BCUT2D eigenvalue weighted by atomic mass is 16.5. The van der Waals surface area contributed by atoms with E-state index < -0.39 is 0 Å². The van der Waals surface area contributed by atoms with Gasteiger partial charge in [-0.2, -0.15) is 0 Å². The third-order valence-electron chi connectivity index (χ3n) is 4.39. The van der Waals surface area contributed by atoms with Gasteiger partial charge in [0.2, 0.25) is 11.8 Å². The van der Waals surface area contributed by atoms with Crippen LogP contribution in [0.1, 0.15) is 18.9 Å². The van der Waals surface area contributed by atoms with Crippen molar-refractivity contribution in [1.82, 2.24) is 20.0 Å². The van der Waals surface area contributed by atoms with E-state index in [1.165, 1.54) is 0 Å². The zero-order valence-corrected chi connectivity index (χ0v) is 13.8. The fraction of sp³-hybridized carbons (Fsp3) is 0.529. The summed E-state index contributed by atoms with van der Waals surface area (Å²) in [6.45, 7) is 8.03. The summed E-state index contributed by atoms with van der Waals surface area (Å²) in [6.07, 6.45) is 0. The SMILES string of the molecule is COCCN1CCN([C@H](C)c2nnc(-c3ccccc3)o2)CC1. The van der Waals surface area contributed by atoms with Gasteiger partial charge in [0.05, 0.1) is 12.6 Å². The van der Waals surface area contributed by atoms with E-state index >= 15 is 0 Å². The summed E-state index contributed by atoms with van der Waals surface area (Å²) in [5, 5.41) is 8.43. The molecule has 1 aromatic carbocycles. The van der Waals surface area contributed by atoms with Crippen LogP contribution >= 0.6 is 0 Å². The van der Waals surface area contributed by atoms with E-state index in [4.69, 9.17) is 9.15 Å². The first-order valence-electron chi connectivity index (χ1n) is 8.12. The van der Waals surface area contributed by atoms with Gasteiger partial charge in [-0.3, -0.25) is 9.80 Å². The van der Waals surface area contributed by atoms with Gasteiger partial charge in [-0.05, 0) is 19.1 Å². The van der Waals surface area contributed by atoms with Gasteiger partial charge in [-0.25, -0.2) is 0 Å². The second-order valence-electron chi connectivity index (χ2n) is 5.86. The van der Waals surface area contributed by atoms with Crippen molar-refractivity contribution >= 4 is 0 Å². The molecular weight excluding hydrogens is 292 g/mol. The summed E-state index contributed by atoms with van der Waals surface area (Å²) >= 11 is 0. The highest BCUT2D eigenvalue weighted by Crippen LogP contribution is 2.24. The average molecular weight is 316 g/mol. The second kappa shape index (κ2) is 7.68. The van der Waals surface area contributed by atoms with Gasteiger partial charge < -0.3 is 9.15 Å². The molecule has 2 aromatic rings. The molecule has 0 bridgehead atoms. The fourth-order valence-corrected chi connectivity index (χ4v) is 2.85. The molecule has 0 saturated carbocycles. The first-order chi connectivity index (χ1) is 11.3. The highest BCUT2D eigenvalue weighted by molar-refractivity contribution is 5.51. The number of hydrogen-bond donors (Lipinski definition) is 0. The molecule has 0 amide bonds. The Balaban J connectivity index is 1.59. The minimum absolute atomic E-state index is 0.143. The minimum atomic E-state index is 0.143. The zero-order chi connectivity index (χ0) is 16.1. The van der Waals surface area contributed by atoms with Crippen LogP contribution in [0.15, 0.2) is 34.7 Å². The Morgan fingerprint density at radius 2 is 1.87 bits per heavy atom. The average Bonchev–Trinajstić information content (AvgIpc) is 3.11. The quantitative estimate of drug-likeness (QED) is 0.813. The maximum absolute atomic E-state index is 5.88. The maximum atomic E-state index is 5.88. The topological polar surface area (TPSA) is 54.6 Å². The third-order valence-corrected chi connectivity index (χ3v) is 4.39. The predicted octanol–water partition coefficient (Wildman–Crippen LogP) is 2.06. The molecule has 1 saturated heterocycles. The van der Waals surface area contributed by atoms with Crippen LogP contribution in [0, 0.1) is 0 Å². The van der Waals surface area contributed by atoms with E-state index in [1.807, 2.05) is 30.3 Å². The molecule has 1 atom stereocenters. The summed E-state index contributed by atoms with van der Waals surface area (Å²) in [5.41, 5.74) is 0.961. The number of methoxy groups -OCH3 is 1. The summed E-state index contributed by atoms with van der Waals surface area (Å²) in [6, 6.07) is 10.0. The number of piperazine rings is 1. The van der Waals surface area contributed by atoms with Crippen molar-refractivity contribution in [3.63, 3.8) is 0 Å². The van der Waals surface area contributed by atoms with Crippen molar-refractivity contribution in [2.45, 2.75) is 13.0 Å². The minimum Gasteiger partial charge on any atom is -0.419 e. The van der Waals surface area contributed by atoms with E-state index in [1.54, 1.807) is 7.11 Å². The molecule has 6 nitrogen and oxygen atoms in total. The van der Waals surface area contributed by atoms with Crippen LogP contribution in [0.4, 0.5) is 0 Å². The molecule has 0 spiro atoms. The largest absolute Gasteiger partial charge is 0.419 e. The van der Waals surface area contributed by atoms with Gasteiger partial charge in [-0.15, -0.1) is 10.2 Å². The normalized spacial score (nSPS) is 18.2. The van der Waals surface area contributed by atoms with Crippen LogP contribution < -0.4 is 0 Å². The fourth-order valence-electron chi connectivity index (χ4n) is 2.85. The van der Waals surface area contributed by atoms with Crippen molar-refractivity contribution in [2.75, 3.05) is 46.4 Å². The lowest BCUT2D eigenvalue weighted by Crippen LogP contribution is -2.47. The lowest BCUT2D eigenvalue weighted by atomic mass is 10.2. The summed E-state index contributed by atoms with van der Waals surface area (Å²) < 4.78 is 11.0. The summed E-state index contributed by atoms with van der Waals surface area (Å²) in [5.74, 6) is 1.28. The molecule has 3 rings (SSSR count). The van der Waals surface area contributed by atoms with Gasteiger partial charge in [0.1, 0.15) is 0 Å². The first kappa shape index (κ1) is 16.1. The van der Waals surface area contributed by atoms with Crippen LogP contribution in [-0.4, -0.2) is 66.4 Å². The van der Waals surface area contributed by atoms with E-state index in [2.05, 4.69) is 26.9 Å². The standard InChI is InChI=1S/C17H24N4O2/c1-14(21-10-8-20(9-11-21)12-13-22-2)16-18-19-17(23-16)15-6-4-3-5-7-15/h3-7,14H,8-13H2,1-2H3/t14-/m1/s1. The molecule has 0 unspecified atom stereocenters. The van der Waals surface area contributed by atoms with Crippen molar-refractivity contribution in [2.24, 2.45) is 0 Å². The van der Waals surface area contributed by atoms with E-state index in [0.717, 1.165) is 44.9 Å².